The molecule has 0 spiro atoms. The number of rotatable bonds is 10. The Morgan fingerprint density at radius 3 is 1.97 bits per heavy atom. The number of nitrogens with zero attached hydrogens (tertiary/aromatic N) is 8. The van der Waals surface area contributed by atoms with Gasteiger partial charge in [0.25, 0.3) is 0 Å². The summed E-state index contributed by atoms with van der Waals surface area (Å²) in [6.07, 6.45) is 8.18. The van der Waals surface area contributed by atoms with E-state index in [-0.39, 0.29) is 18.8 Å². The number of ether oxygens (including phenoxy) is 4. The zero-order valence-electron chi connectivity index (χ0n) is 20.7. The average Bonchev–Trinajstić information content (AvgIpc) is 2.92. The van der Waals surface area contributed by atoms with Crippen LogP contribution in [-0.2, 0) is 19.1 Å². The second kappa shape index (κ2) is 20.3. The van der Waals surface area contributed by atoms with Crippen molar-refractivity contribution in [3.8, 4) is 11.5 Å². The maximum Gasteiger partial charge on any atom is 0.340 e. The second-order valence-electron chi connectivity index (χ2n) is 6.07. The zero-order chi connectivity index (χ0) is 27.9. The highest BCUT2D eigenvalue weighted by Crippen LogP contribution is 2.15. The summed E-state index contributed by atoms with van der Waals surface area (Å²) in [5.41, 5.74) is 17.1. The van der Waals surface area contributed by atoms with Crippen LogP contribution in [0, 0.1) is 0 Å². The molecular formula is C22H26N8O7. The molecule has 0 saturated carbocycles. The number of azide groups is 2. The van der Waals surface area contributed by atoms with Gasteiger partial charge in [-0.1, -0.05) is 10.2 Å². The molecule has 196 valence electrons. The first-order chi connectivity index (χ1) is 17.9. The summed E-state index contributed by atoms with van der Waals surface area (Å²) in [6.45, 7) is 3.66. The molecule has 2 aromatic rings. The van der Waals surface area contributed by atoms with Gasteiger partial charge in [0.15, 0.2) is 6.29 Å². The summed E-state index contributed by atoms with van der Waals surface area (Å²) >= 11 is 0. The van der Waals surface area contributed by atoms with E-state index < -0.39 is 11.9 Å². The first-order valence-electron chi connectivity index (χ1n) is 10.4. The van der Waals surface area contributed by atoms with Gasteiger partial charge in [0.1, 0.15) is 23.7 Å². The number of carbonyl (C=O) groups excluding carboxylic acids is 3. The Labute approximate surface area is 212 Å². The quantitative estimate of drug-likeness (QED) is 0.111. The van der Waals surface area contributed by atoms with Crippen LogP contribution in [0.15, 0.2) is 52.8 Å². The lowest BCUT2D eigenvalue weighted by molar-refractivity contribution is -0.141. The molecule has 0 aromatic carbocycles. The van der Waals surface area contributed by atoms with E-state index in [9.17, 15) is 14.4 Å². The minimum atomic E-state index is -0.682. The number of pyridine rings is 2. The molecule has 2 heterocycles. The lowest BCUT2D eigenvalue weighted by Gasteiger charge is -2.02. The zero-order valence-corrected chi connectivity index (χ0v) is 20.7. The Morgan fingerprint density at radius 1 is 0.919 bits per heavy atom. The van der Waals surface area contributed by atoms with Gasteiger partial charge in [-0.25, -0.2) is 4.79 Å². The lowest BCUT2D eigenvalue weighted by Crippen LogP contribution is -2.06. The Kier molecular flexibility index (Phi) is 17.5. The van der Waals surface area contributed by atoms with Crippen molar-refractivity contribution in [2.75, 3.05) is 34.0 Å². The molecular weight excluding hydrogens is 488 g/mol. The van der Waals surface area contributed by atoms with Crippen molar-refractivity contribution in [1.29, 1.82) is 0 Å². The van der Waals surface area contributed by atoms with E-state index in [1.807, 2.05) is 0 Å². The van der Waals surface area contributed by atoms with E-state index >= 15 is 0 Å². The van der Waals surface area contributed by atoms with Crippen LogP contribution in [-0.4, -0.2) is 62.2 Å². The van der Waals surface area contributed by atoms with Crippen LogP contribution in [0.5, 0.6) is 11.5 Å². The van der Waals surface area contributed by atoms with Crippen LogP contribution in [0.2, 0.25) is 0 Å². The summed E-state index contributed by atoms with van der Waals surface area (Å²) in [4.78, 5) is 44.6. The summed E-state index contributed by atoms with van der Waals surface area (Å²) < 4.78 is 19.0. The van der Waals surface area contributed by atoms with Crippen molar-refractivity contribution in [1.82, 2.24) is 9.97 Å². The molecule has 0 saturated heterocycles. The van der Waals surface area contributed by atoms with E-state index in [4.69, 9.17) is 25.3 Å². The van der Waals surface area contributed by atoms with Crippen molar-refractivity contribution in [3.05, 3.63) is 74.6 Å². The number of hydrogen-bond donors (Lipinski definition) is 0. The summed E-state index contributed by atoms with van der Waals surface area (Å²) in [6, 6.07) is 3.28. The van der Waals surface area contributed by atoms with Gasteiger partial charge >= 0.3 is 11.9 Å². The van der Waals surface area contributed by atoms with E-state index in [1.54, 1.807) is 32.2 Å². The number of aromatic nitrogens is 2. The standard InChI is InChI=1S/C11H12N4O3.C7H7NO2.C4H7N3O2/c1-3-18-11(16)10(14-15-12)5-8-4-9(17-2)7-13-6-8;1-10-7-2-6(5-9)3-8-4-7;1-2-9-4(8)3-6-7-5/h4-7H,3H2,1-2H3;2-5H,1H3;2-3H2,1H3/b10-5-;;. The van der Waals surface area contributed by atoms with Crippen molar-refractivity contribution in [3.63, 3.8) is 0 Å². The highest BCUT2D eigenvalue weighted by Gasteiger charge is 2.08. The van der Waals surface area contributed by atoms with Gasteiger partial charge in [0.2, 0.25) is 0 Å². The topological polar surface area (TPSA) is 211 Å². The van der Waals surface area contributed by atoms with E-state index in [1.165, 1.54) is 38.9 Å². The molecule has 0 unspecified atom stereocenters. The van der Waals surface area contributed by atoms with Crippen LogP contribution in [0.3, 0.4) is 0 Å². The van der Waals surface area contributed by atoms with Gasteiger partial charge in [0, 0.05) is 27.8 Å². The smallest absolute Gasteiger partial charge is 0.340 e. The Morgan fingerprint density at radius 2 is 1.49 bits per heavy atom. The van der Waals surface area contributed by atoms with Crippen LogP contribution in [0.4, 0.5) is 0 Å². The third-order valence-electron chi connectivity index (χ3n) is 3.58. The third-order valence-corrected chi connectivity index (χ3v) is 3.58. The van der Waals surface area contributed by atoms with Crippen molar-refractivity contribution in [2.24, 2.45) is 10.2 Å². The van der Waals surface area contributed by atoms with Crippen molar-refractivity contribution in [2.45, 2.75) is 13.8 Å². The molecule has 37 heavy (non-hydrogen) atoms. The molecule has 0 bridgehead atoms. The Balaban J connectivity index is 0.000000577. The van der Waals surface area contributed by atoms with Gasteiger partial charge in [-0.3, -0.25) is 19.6 Å². The summed E-state index contributed by atoms with van der Waals surface area (Å²) in [5.74, 6) is -0.0362. The minimum absolute atomic E-state index is 0.130. The fourth-order valence-electron chi connectivity index (χ4n) is 2.07. The van der Waals surface area contributed by atoms with Gasteiger partial charge < -0.3 is 18.9 Å². The first-order valence-corrected chi connectivity index (χ1v) is 10.4. The largest absolute Gasteiger partial charge is 0.495 e. The van der Waals surface area contributed by atoms with Gasteiger partial charge in [-0.15, -0.1) is 0 Å². The molecule has 15 heteroatoms. The van der Waals surface area contributed by atoms with Gasteiger partial charge in [-0.05, 0) is 48.7 Å². The molecule has 2 aromatic heterocycles. The van der Waals surface area contributed by atoms with E-state index in [2.05, 4.69) is 34.8 Å². The van der Waals surface area contributed by atoms with Crippen molar-refractivity contribution < 1.29 is 33.3 Å². The van der Waals surface area contributed by atoms with E-state index in [0.29, 0.717) is 29.2 Å². The molecule has 0 aliphatic rings. The fraction of sp³-hybridized carbons (Fsp3) is 0.318. The number of esters is 2. The molecule has 0 aliphatic carbocycles. The highest BCUT2D eigenvalue weighted by atomic mass is 16.5. The molecule has 0 N–H and O–H groups in total. The van der Waals surface area contributed by atoms with Crippen molar-refractivity contribution >= 4 is 24.3 Å². The third kappa shape index (κ3) is 14.7. The predicted octanol–water partition coefficient (Wildman–Crippen LogP) is 4.07. The monoisotopic (exact) mass is 514 g/mol. The molecule has 15 nitrogen and oxygen atoms in total. The average molecular weight is 514 g/mol. The van der Waals surface area contributed by atoms with Crippen LogP contribution in [0.25, 0.3) is 27.0 Å². The molecule has 0 fully saturated rings. The number of hydrogen-bond acceptors (Lipinski definition) is 11. The van der Waals surface area contributed by atoms with Gasteiger partial charge in [0.05, 0.1) is 39.8 Å². The van der Waals surface area contributed by atoms with Gasteiger partial charge in [-0.2, -0.15) is 0 Å². The normalized spacial score (nSPS) is 9.35. The maximum atomic E-state index is 11.5. The minimum Gasteiger partial charge on any atom is -0.495 e. The molecule has 0 radical (unpaired) electrons. The molecule has 0 amide bonds. The Bertz CT molecular complexity index is 1140. The van der Waals surface area contributed by atoms with E-state index in [0.717, 1.165) is 6.29 Å². The predicted molar refractivity (Wildman–Crippen MR) is 131 cm³/mol. The summed E-state index contributed by atoms with van der Waals surface area (Å²) in [5, 5.41) is 6.29. The lowest BCUT2D eigenvalue weighted by atomic mass is 10.2. The molecule has 0 aliphatic heterocycles. The molecule has 0 atom stereocenters. The molecule has 2 rings (SSSR count). The Hall–Kier alpha value is -5.13. The fourth-order valence-corrected chi connectivity index (χ4v) is 2.07. The second-order valence-corrected chi connectivity index (χ2v) is 6.07. The summed E-state index contributed by atoms with van der Waals surface area (Å²) in [7, 11) is 3.04. The highest BCUT2D eigenvalue weighted by molar-refractivity contribution is 5.93. The number of carbonyl (C=O) groups is 3. The SMILES string of the molecule is CCOC(=O)/C(=C/c1cncc(OC)c1)N=[N+]=[N-].CCOC(=O)CN=[N+]=[N-].COc1cncc(C=O)c1. The van der Waals surface area contributed by atoms with Crippen LogP contribution < -0.4 is 9.47 Å². The number of aldehydes is 1. The van der Waals surface area contributed by atoms with Crippen LogP contribution >= 0.6 is 0 Å². The first kappa shape index (κ1) is 31.9. The van der Waals surface area contributed by atoms with Crippen LogP contribution in [0.1, 0.15) is 29.8 Å². The maximum absolute atomic E-state index is 11.5. The number of methoxy groups -OCH3 is 2.